The largest absolute Gasteiger partial charge is 0.493 e. The molecule has 0 radical (unpaired) electrons. The molecule has 0 unspecified atom stereocenters. The second kappa shape index (κ2) is 10.4. The predicted molar refractivity (Wildman–Crippen MR) is 119 cm³/mol. The van der Waals surface area contributed by atoms with Crippen molar-refractivity contribution in [3.8, 4) is 11.5 Å². The molecular formula is C22H21N3O5S. The van der Waals surface area contributed by atoms with Gasteiger partial charge in [-0.3, -0.25) is 10.1 Å². The van der Waals surface area contributed by atoms with Gasteiger partial charge < -0.3 is 14.2 Å². The van der Waals surface area contributed by atoms with E-state index in [1.807, 2.05) is 43.3 Å². The van der Waals surface area contributed by atoms with Crippen LogP contribution in [0.25, 0.3) is 0 Å². The molecule has 1 aliphatic rings. The lowest BCUT2D eigenvalue weighted by molar-refractivity contribution is -0.135. The molecule has 0 spiro atoms. The minimum Gasteiger partial charge on any atom is -0.493 e. The Morgan fingerprint density at radius 3 is 2.71 bits per heavy atom. The molecule has 9 heteroatoms. The third kappa shape index (κ3) is 5.73. The Hall–Kier alpha value is -3.59. The van der Waals surface area contributed by atoms with E-state index >= 15 is 0 Å². The Morgan fingerprint density at radius 2 is 1.97 bits per heavy atom. The first-order chi connectivity index (χ1) is 15.0. The monoisotopic (exact) mass is 439 g/mol. The minimum atomic E-state index is -0.616. The molecule has 1 fully saturated rings. The topological polar surface area (TPSA) is 98.6 Å². The molecule has 1 amide bonds. The number of benzene rings is 2. The van der Waals surface area contributed by atoms with Crippen molar-refractivity contribution in [2.24, 2.45) is 10.2 Å². The van der Waals surface area contributed by atoms with Crippen LogP contribution in [0.15, 0.2) is 63.6 Å². The van der Waals surface area contributed by atoms with Crippen molar-refractivity contribution in [3.05, 3.63) is 70.1 Å². The first-order valence-electron chi connectivity index (χ1n) is 9.26. The number of carbonyl (C=O) groups excluding carboxylic acids is 2. The number of rotatable bonds is 7. The number of esters is 1. The van der Waals surface area contributed by atoms with Gasteiger partial charge in [0.25, 0.3) is 5.91 Å². The van der Waals surface area contributed by atoms with E-state index in [2.05, 4.69) is 20.3 Å². The molecule has 0 saturated carbocycles. The van der Waals surface area contributed by atoms with Crippen molar-refractivity contribution >= 4 is 35.0 Å². The summed E-state index contributed by atoms with van der Waals surface area (Å²) in [5.74, 6) is 0.0471. The number of nitrogens with one attached hydrogen (secondary N) is 1. The second-order valence-corrected chi connectivity index (χ2v) is 7.36. The lowest BCUT2D eigenvalue weighted by atomic mass is 10.1. The van der Waals surface area contributed by atoms with Gasteiger partial charge in [0.2, 0.25) is 0 Å². The molecule has 2 aromatic carbocycles. The van der Waals surface area contributed by atoms with Gasteiger partial charge in [0.15, 0.2) is 16.7 Å². The maximum absolute atomic E-state index is 11.9. The summed E-state index contributed by atoms with van der Waals surface area (Å²) in [4.78, 5) is 23.4. The van der Waals surface area contributed by atoms with Crippen LogP contribution >= 0.6 is 11.8 Å². The number of hydrogen-bond acceptors (Lipinski definition) is 8. The number of para-hydroxylation sites is 1. The Bertz CT molecular complexity index is 1080. The summed E-state index contributed by atoms with van der Waals surface area (Å²) in [7, 11) is 2.81. The van der Waals surface area contributed by atoms with Gasteiger partial charge in [0, 0.05) is 11.6 Å². The number of amidine groups is 1. The smallest absolute Gasteiger partial charge is 0.331 e. The molecule has 8 nitrogen and oxygen atoms in total. The van der Waals surface area contributed by atoms with E-state index in [1.54, 1.807) is 13.2 Å². The molecule has 1 heterocycles. The zero-order chi connectivity index (χ0) is 22.2. The van der Waals surface area contributed by atoms with Crippen LogP contribution in [0.2, 0.25) is 0 Å². The average molecular weight is 439 g/mol. The van der Waals surface area contributed by atoms with Crippen LogP contribution in [-0.4, -0.2) is 37.5 Å². The van der Waals surface area contributed by atoms with Gasteiger partial charge in [0.1, 0.15) is 6.61 Å². The molecule has 1 aliphatic heterocycles. The van der Waals surface area contributed by atoms with Crippen molar-refractivity contribution in [2.45, 2.75) is 13.5 Å². The van der Waals surface area contributed by atoms with Crippen LogP contribution in [0, 0.1) is 6.92 Å². The number of methoxy groups -OCH3 is 2. The molecule has 0 aliphatic carbocycles. The Morgan fingerprint density at radius 1 is 1.16 bits per heavy atom. The van der Waals surface area contributed by atoms with Crippen molar-refractivity contribution in [1.29, 1.82) is 0 Å². The maximum Gasteiger partial charge on any atom is 0.331 e. The number of thioether (sulfide) groups is 1. The molecular weight excluding hydrogens is 418 g/mol. The summed E-state index contributed by atoms with van der Waals surface area (Å²) >= 11 is 0.999. The average Bonchev–Trinajstić information content (AvgIpc) is 3.12. The highest BCUT2D eigenvalue weighted by Gasteiger charge is 2.25. The van der Waals surface area contributed by atoms with E-state index in [9.17, 15) is 9.59 Å². The van der Waals surface area contributed by atoms with Crippen molar-refractivity contribution < 1.29 is 23.8 Å². The van der Waals surface area contributed by atoms with Gasteiger partial charge in [-0.15, -0.1) is 5.10 Å². The molecule has 1 N–H and O–H groups in total. The summed E-state index contributed by atoms with van der Waals surface area (Å²) in [5.41, 5.74) is 2.85. The highest BCUT2D eigenvalue weighted by atomic mass is 32.2. The number of ether oxygens (including phenoxy) is 3. The van der Waals surface area contributed by atoms with Crippen LogP contribution in [0.4, 0.5) is 0 Å². The molecule has 2 aromatic rings. The number of nitrogens with zero attached hydrogens (tertiary/aromatic N) is 2. The fraction of sp³-hybridized carbons (Fsp3) is 0.182. The third-order valence-corrected chi connectivity index (χ3v) is 5.21. The van der Waals surface area contributed by atoms with Gasteiger partial charge in [-0.1, -0.05) is 30.3 Å². The summed E-state index contributed by atoms with van der Waals surface area (Å²) < 4.78 is 16.0. The van der Waals surface area contributed by atoms with Crippen molar-refractivity contribution in [2.75, 3.05) is 14.2 Å². The summed E-state index contributed by atoms with van der Waals surface area (Å²) in [6.45, 7) is 2.39. The van der Waals surface area contributed by atoms with Gasteiger partial charge in [-0.2, -0.15) is 5.10 Å². The number of carbonyl (C=O) groups is 2. The van der Waals surface area contributed by atoms with Gasteiger partial charge in [0.05, 0.1) is 25.3 Å². The van der Waals surface area contributed by atoms with E-state index in [-0.39, 0.29) is 10.1 Å². The third-order valence-electron chi connectivity index (χ3n) is 4.31. The van der Waals surface area contributed by atoms with E-state index in [4.69, 9.17) is 9.47 Å². The van der Waals surface area contributed by atoms with Gasteiger partial charge in [-0.05, 0) is 41.9 Å². The summed E-state index contributed by atoms with van der Waals surface area (Å²) in [6, 6.07) is 13.4. The lowest BCUT2D eigenvalue weighted by Gasteiger charge is -2.14. The quantitative estimate of drug-likeness (QED) is 0.308. The van der Waals surface area contributed by atoms with Crippen molar-refractivity contribution in [1.82, 2.24) is 5.32 Å². The van der Waals surface area contributed by atoms with Crippen LogP contribution in [-0.2, 0) is 20.9 Å². The zero-order valence-corrected chi connectivity index (χ0v) is 18.1. The molecule has 0 aromatic heterocycles. The van der Waals surface area contributed by atoms with Crippen LogP contribution in [0.3, 0.4) is 0 Å². The van der Waals surface area contributed by atoms with Gasteiger partial charge in [-0.25, -0.2) is 4.79 Å². The highest BCUT2D eigenvalue weighted by molar-refractivity contribution is 8.18. The standard InChI is InChI=1S/C22H21N3O5S/c1-14-7-4-5-8-16(14)13-30-20-15(9-6-10-17(20)28-2)12-23-25-22-24-21(27)18(31-22)11-19(26)29-3/h4-12H,13H2,1-3H3,(H,24,25,27)/b18-11+,23-12?. The predicted octanol–water partition coefficient (Wildman–Crippen LogP) is 3.19. The molecule has 3 rings (SSSR count). The molecule has 31 heavy (non-hydrogen) atoms. The first-order valence-corrected chi connectivity index (χ1v) is 10.1. The second-order valence-electron chi connectivity index (χ2n) is 6.33. The van der Waals surface area contributed by atoms with E-state index in [0.717, 1.165) is 29.0 Å². The molecule has 0 bridgehead atoms. The van der Waals surface area contributed by atoms with Crippen LogP contribution in [0.5, 0.6) is 11.5 Å². The Kier molecular flexibility index (Phi) is 7.45. The molecule has 1 saturated heterocycles. The fourth-order valence-corrected chi connectivity index (χ4v) is 3.40. The SMILES string of the molecule is COC(=O)/C=C1/S/C(=N\N=Cc2cccc(OC)c2OCc2ccccc2C)NC1=O. The van der Waals surface area contributed by atoms with E-state index in [0.29, 0.717) is 23.7 Å². The van der Waals surface area contributed by atoms with Crippen LogP contribution in [0.1, 0.15) is 16.7 Å². The lowest BCUT2D eigenvalue weighted by Crippen LogP contribution is -2.19. The Labute approximate surface area is 184 Å². The summed E-state index contributed by atoms with van der Waals surface area (Å²) in [6.07, 6.45) is 2.61. The number of amides is 1. The highest BCUT2D eigenvalue weighted by Crippen LogP contribution is 2.31. The molecule has 160 valence electrons. The van der Waals surface area contributed by atoms with E-state index < -0.39 is 11.9 Å². The van der Waals surface area contributed by atoms with Crippen molar-refractivity contribution in [3.63, 3.8) is 0 Å². The normalized spacial score (nSPS) is 16.0. The first kappa shape index (κ1) is 22.1. The minimum absolute atomic E-state index is 0.185. The Balaban J connectivity index is 1.77. The summed E-state index contributed by atoms with van der Waals surface area (Å²) in [5, 5.41) is 10.8. The zero-order valence-electron chi connectivity index (χ0n) is 17.2. The van der Waals surface area contributed by atoms with E-state index in [1.165, 1.54) is 13.3 Å². The van der Waals surface area contributed by atoms with Gasteiger partial charge >= 0.3 is 5.97 Å². The van der Waals surface area contributed by atoms with Crippen LogP contribution < -0.4 is 14.8 Å². The number of aryl methyl sites for hydroxylation is 1. The fourth-order valence-electron chi connectivity index (χ4n) is 2.66. The molecule has 0 atom stereocenters. The maximum atomic E-state index is 11.9. The number of hydrogen-bond donors (Lipinski definition) is 1.